The minimum absolute atomic E-state index is 0.0261. The smallest absolute Gasteiger partial charge is 0.283 e. The predicted octanol–water partition coefficient (Wildman–Crippen LogP) is 7.00. The van der Waals surface area contributed by atoms with Crippen LogP contribution in [-0.2, 0) is 11.3 Å². The summed E-state index contributed by atoms with van der Waals surface area (Å²) in [5, 5.41) is 17.9. The SMILES string of the molecule is Cc1c(C=C2C(=N)N3N=C(c4ccccc4Cl)SC3=NC2=O)c2ccccc2n1CCOc1ccc(Cl)cc1. The van der Waals surface area contributed by atoms with Crippen LogP contribution in [0.5, 0.6) is 5.75 Å². The number of thioether (sulfide) groups is 1. The van der Waals surface area contributed by atoms with Gasteiger partial charge in [-0.2, -0.15) is 15.1 Å². The Hall–Kier alpha value is -3.85. The van der Waals surface area contributed by atoms with E-state index in [2.05, 4.69) is 14.7 Å². The Kier molecular flexibility index (Phi) is 6.76. The van der Waals surface area contributed by atoms with Crippen molar-refractivity contribution < 1.29 is 9.53 Å². The summed E-state index contributed by atoms with van der Waals surface area (Å²) in [4.78, 5) is 17.4. The summed E-state index contributed by atoms with van der Waals surface area (Å²) in [6.45, 7) is 3.05. The molecule has 0 aliphatic carbocycles. The van der Waals surface area contributed by atoms with E-state index in [1.807, 2.05) is 61.5 Å². The van der Waals surface area contributed by atoms with E-state index in [4.69, 9.17) is 33.3 Å². The maximum atomic E-state index is 13.1. The number of hydrogen-bond acceptors (Lipinski definition) is 5. The minimum Gasteiger partial charge on any atom is -0.492 e. The van der Waals surface area contributed by atoms with Gasteiger partial charge < -0.3 is 9.30 Å². The monoisotopic (exact) mass is 573 g/mol. The van der Waals surface area contributed by atoms with Crippen LogP contribution in [0.2, 0.25) is 10.0 Å². The molecule has 1 aromatic heterocycles. The van der Waals surface area contributed by atoms with Gasteiger partial charge in [0.25, 0.3) is 5.91 Å². The number of carbonyl (C=O) groups is 1. The first kappa shape index (κ1) is 25.4. The van der Waals surface area contributed by atoms with Crippen LogP contribution in [0.4, 0.5) is 0 Å². The van der Waals surface area contributed by atoms with Gasteiger partial charge in [0, 0.05) is 32.7 Å². The maximum Gasteiger partial charge on any atom is 0.283 e. The molecule has 0 spiro atoms. The van der Waals surface area contributed by atoms with Gasteiger partial charge in [-0.25, -0.2) is 0 Å². The predicted molar refractivity (Wildman–Crippen MR) is 159 cm³/mol. The molecule has 0 bridgehead atoms. The Labute approximate surface area is 238 Å². The Morgan fingerprint density at radius 3 is 2.56 bits per heavy atom. The molecule has 0 saturated carbocycles. The number of aliphatic imine (C=N–C) groups is 1. The second kappa shape index (κ2) is 10.4. The Balaban J connectivity index is 1.32. The van der Waals surface area contributed by atoms with Gasteiger partial charge in [-0.3, -0.25) is 10.2 Å². The molecule has 0 atom stereocenters. The molecule has 1 amide bonds. The summed E-state index contributed by atoms with van der Waals surface area (Å²) in [6.07, 6.45) is 1.74. The molecule has 10 heteroatoms. The Morgan fingerprint density at radius 2 is 1.77 bits per heavy atom. The lowest BCUT2D eigenvalue weighted by Gasteiger charge is -2.20. The van der Waals surface area contributed by atoms with Gasteiger partial charge in [0.2, 0.25) is 5.17 Å². The standard InChI is InChI=1S/C29H21Cl2N5O2S/c1-17-22(20-6-3-5-9-25(20)35(17)14-15-38-19-12-10-18(30)11-13-19)16-23-26(32)36-29(33-27(23)37)39-28(34-36)21-7-2-4-8-24(21)31/h2-13,16,32H,14-15H2,1H3. The maximum absolute atomic E-state index is 13.1. The molecule has 3 aromatic carbocycles. The highest BCUT2D eigenvalue weighted by Crippen LogP contribution is 2.34. The Bertz CT molecular complexity index is 1740. The Morgan fingerprint density at radius 1 is 1.03 bits per heavy atom. The highest BCUT2D eigenvalue weighted by atomic mass is 35.5. The topological polar surface area (TPSA) is 83.0 Å². The van der Waals surface area contributed by atoms with Crippen molar-refractivity contribution in [3.8, 4) is 5.75 Å². The summed E-state index contributed by atoms with van der Waals surface area (Å²) in [5.74, 6) is 0.240. The van der Waals surface area contributed by atoms with Crippen molar-refractivity contribution in [2.45, 2.75) is 13.5 Å². The number of nitrogens with one attached hydrogen (secondary N) is 1. The van der Waals surface area contributed by atoms with Gasteiger partial charge in [0.05, 0.1) is 17.1 Å². The highest BCUT2D eigenvalue weighted by Gasteiger charge is 2.36. The minimum atomic E-state index is -0.475. The van der Waals surface area contributed by atoms with Gasteiger partial charge in [-0.1, -0.05) is 59.6 Å². The first-order valence-corrected chi connectivity index (χ1v) is 13.7. The zero-order valence-corrected chi connectivity index (χ0v) is 23.0. The fourth-order valence-electron chi connectivity index (χ4n) is 4.59. The van der Waals surface area contributed by atoms with Crippen LogP contribution in [0.25, 0.3) is 17.0 Å². The van der Waals surface area contributed by atoms with E-state index in [0.29, 0.717) is 33.4 Å². The lowest BCUT2D eigenvalue weighted by atomic mass is 10.1. The number of para-hydroxylation sites is 1. The van der Waals surface area contributed by atoms with Gasteiger partial charge in [0.1, 0.15) is 17.4 Å². The molecule has 1 N–H and O–H groups in total. The zero-order chi connectivity index (χ0) is 27.1. The third-order valence-corrected chi connectivity index (χ3v) is 8.05. The molecule has 0 saturated heterocycles. The van der Waals surface area contributed by atoms with Crippen LogP contribution < -0.4 is 4.74 Å². The molecule has 6 rings (SSSR count). The molecular weight excluding hydrogens is 553 g/mol. The normalized spacial score (nSPS) is 16.1. The van der Waals surface area contributed by atoms with Gasteiger partial charge in [-0.05, 0) is 61.2 Å². The first-order chi connectivity index (χ1) is 18.9. The van der Waals surface area contributed by atoms with Crippen molar-refractivity contribution in [2.75, 3.05) is 6.61 Å². The van der Waals surface area contributed by atoms with E-state index in [1.165, 1.54) is 16.8 Å². The van der Waals surface area contributed by atoms with Gasteiger partial charge >= 0.3 is 0 Å². The van der Waals surface area contributed by atoms with Crippen molar-refractivity contribution in [1.82, 2.24) is 9.58 Å². The highest BCUT2D eigenvalue weighted by molar-refractivity contribution is 8.27. The van der Waals surface area contributed by atoms with E-state index < -0.39 is 5.91 Å². The third kappa shape index (κ3) is 4.76. The molecular formula is C29H21Cl2N5O2S. The lowest BCUT2D eigenvalue weighted by molar-refractivity contribution is -0.114. The van der Waals surface area contributed by atoms with E-state index >= 15 is 0 Å². The van der Waals surface area contributed by atoms with Crippen LogP contribution in [-0.4, -0.2) is 38.1 Å². The third-order valence-electron chi connectivity index (χ3n) is 6.52. The van der Waals surface area contributed by atoms with Crippen LogP contribution in [0.15, 0.2) is 88.5 Å². The van der Waals surface area contributed by atoms with Crippen molar-refractivity contribution in [1.29, 1.82) is 5.41 Å². The van der Waals surface area contributed by atoms with E-state index in [9.17, 15) is 4.79 Å². The van der Waals surface area contributed by atoms with Gasteiger partial charge in [-0.15, -0.1) is 0 Å². The first-order valence-electron chi connectivity index (χ1n) is 12.1. The quantitative estimate of drug-likeness (QED) is 0.251. The summed E-state index contributed by atoms with van der Waals surface area (Å²) >= 11 is 13.6. The molecule has 0 radical (unpaired) electrons. The van der Waals surface area contributed by atoms with Gasteiger partial charge in [0.15, 0.2) is 5.84 Å². The molecule has 2 aliphatic heterocycles. The van der Waals surface area contributed by atoms with Crippen molar-refractivity contribution in [2.24, 2.45) is 10.1 Å². The number of ether oxygens (including phenoxy) is 1. The zero-order valence-electron chi connectivity index (χ0n) is 20.7. The number of aromatic nitrogens is 1. The largest absolute Gasteiger partial charge is 0.492 e. The molecule has 39 heavy (non-hydrogen) atoms. The molecule has 194 valence electrons. The number of fused-ring (bicyclic) bond motifs is 2. The molecule has 4 aromatic rings. The van der Waals surface area contributed by atoms with E-state index in [0.717, 1.165) is 33.5 Å². The summed E-state index contributed by atoms with van der Waals surface area (Å²) in [6, 6.07) is 22.6. The molecule has 0 unspecified atom stereocenters. The summed E-state index contributed by atoms with van der Waals surface area (Å²) in [5.41, 5.74) is 3.72. The number of amides is 1. The van der Waals surface area contributed by atoms with Crippen LogP contribution in [0.1, 0.15) is 16.8 Å². The summed E-state index contributed by atoms with van der Waals surface area (Å²) < 4.78 is 8.09. The number of hydrogen-bond donors (Lipinski definition) is 1. The average Bonchev–Trinajstić information content (AvgIpc) is 3.47. The fraction of sp³-hybridized carbons (Fsp3) is 0.103. The number of carbonyl (C=O) groups excluding carboxylic acids is 1. The number of hydrazone groups is 1. The summed E-state index contributed by atoms with van der Waals surface area (Å²) in [7, 11) is 0. The van der Waals surface area contributed by atoms with E-state index in [1.54, 1.807) is 24.3 Å². The van der Waals surface area contributed by atoms with E-state index in [-0.39, 0.29) is 11.4 Å². The number of benzene rings is 3. The van der Waals surface area contributed by atoms with Crippen LogP contribution in [0.3, 0.4) is 0 Å². The van der Waals surface area contributed by atoms with Crippen molar-refractivity contribution >= 4 is 73.9 Å². The fourth-order valence-corrected chi connectivity index (χ4v) is 5.93. The second-order valence-corrected chi connectivity index (χ2v) is 10.7. The lowest BCUT2D eigenvalue weighted by Crippen LogP contribution is -2.35. The second-order valence-electron chi connectivity index (χ2n) is 8.88. The average molecular weight is 574 g/mol. The van der Waals surface area contributed by atoms with Crippen LogP contribution in [0, 0.1) is 12.3 Å². The molecule has 7 nitrogen and oxygen atoms in total. The molecule has 0 fully saturated rings. The number of amidine groups is 2. The number of nitrogens with zero attached hydrogens (tertiary/aromatic N) is 4. The number of halogens is 2. The number of rotatable bonds is 6. The van der Waals surface area contributed by atoms with Crippen LogP contribution >= 0.6 is 35.0 Å². The molecule has 3 heterocycles. The van der Waals surface area contributed by atoms with Crippen molar-refractivity contribution in [3.63, 3.8) is 0 Å². The molecule has 2 aliphatic rings. The van der Waals surface area contributed by atoms with Crippen molar-refractivity contribution in [3.05, 3.63) is 105 Å².